The summed E-state index contributed by atoms with van der Waals surface area (Å²) in [5, 5.41) is 8.06. The van der Waals surface area contributed by atoms with Crippen molar-refractivity contribution in [3.8, 4) is 0 Å². The largest absolute Gasteiger partial charge is 0.354 e. The molecule has 5 nitrogen and oxygen atoms in total. The third kappa shape index (κ3) is 3.62. The van der Waals surface area contributed by atoms with E-state index in [0.29, 0.717) is 6.54 Å². The summed E-state index contributed by atoms with van der Waals surface area (Å²) in [5.41, 5.74) is 2.18. The maximum absolute atomic E-state index is 12.5. The lowest BCUT2D eigenvalue weighted by atomic mass is 10.1. The van der Waals surface area contributed by atoms with Gasteiger partial charge in [-0.15, -0.1) is 0 Å². The minimum absolute atomic E-state index is 0.0293. The fourth-order valence-corrected chi connectivity index (χ4v) is 3.42. The van der Waals surface area contributed by atoms with Crippen LogP contribution < -0.4 is 5.32 Å². The Morgan fingerprint density at radius 2 is 2.21 bits per heavy atom. The van der Waals surface area contributed by atoms with Gasteiger partial charge in [-0.05, 0) is 38.1 Å². The van der Waals surface area contributed by atoms with Gasteiger partial charge in [-0.3, -0.25) is 9.48 Å². The van der Waals surface area contributed by atoms with Gasteiger partial charge in [-0.2, -0.15) is 5.10 Å². The normalized spacial score (nSPS) is 20.9. The summed E-state index contributed by atoms with van der Waals surface area (Å²) in [7, 11) is 5.91. The van der Waals surface area contributed by atoms with Crippen molar-refractivity contribution in [1.29, 1.82) is 0 Å². The second kappa shape index (κ2) is 6.95. The third-order valence-corrected chi connectivity index (χ3v) is 4.98. The van der Waals surface area contributed by atoms with E-state index in [4.69, 9.17) is 11.6 Å². The van der Waals surface area contributed by atoms with Crippen LogP contribution >= 0.6 is 11.6 Å². The SMILES string of the molecule is CN(C)[C@H](CNC(=O)[C@H]1C[C@H]1c1ccccc1Cl)c1cnn(C)c1. The van der Waals surface area contributed by atoms with E-state index in [2.05, 4.69) is 15.3 Å². The minimum Gasteiger partial charge on any atom is -0.354 e. The number of nitrogens with zero attached hydrogens (tertiary/aromatic N) is 3. The summed E-state index contributed by atoms with van der Waals surface area (Å²) in [6.45, 7) is 0.573. The number of benzene rings is 1. The van der Waals surface area contributed by atoms with E-state index < -0.39 is 0 Å². The van der Waals surface area contributed by atoms with Crippen molar-refractivity contribution in [2.24, 2.45) is 13.0 Å². The van der Waals surface area contributed by atoms with E-state index in [1.807, 2.05) is 57.8 Å². The highest BCUT2D eigenvalue weighted by Gasteiger charge is 2.44. The third-order valence-electron chi connectivity index (χ3n) is 4.63. The van der Waals surface area contributed by atoms with Crippen LogP contribution in [-0.4, -0.2) is 41.2 Å². The Morgan fingerprint density at radius 3 is 2.83 bits per heavy atom. The number of carbonyl (C=O) groups excluding carboxylic acids is 1. The molecule has 1 aliphatic carbocycles. The number of carbonyl (C=O) groups is 1. The standard InChI is InChI=1S/C18H23ClN4O/c1-22(2)17(12-9-21-23(3)11-12)10-20-18(24)15-8-14(15)13-6-4-5-7-16(13)19/h4-7,9,11,14-15,17H,8,10H2,1-3H3,(H,20,24)/t14-,15-,17+/m0/s1. The zero-order valence-corrected chi connectivity index (χ0v) is 15.0. The first-order valence-electron chi connectivity index (χ1n) is 8.14. The quantitative estimate of drug-likeness (QED) is 0.874. The number of hydrogen-bond acceptors (Lipinski definition) is 3. The minimum atomic E-state index is 0.0293. The Kier molecular flexibility index (Phi) is 4.92. The monoisotopic (exact) mass is 346 g/mol. The van der Waals surface area contributed by atoms with Gasteiger partial charge in [0.1, 0.15) is 0 Å². The first-order valence-corrected chi connectivity index (χ1v) is 8.52. The lowest BCUT2D eigenvalue weighted by Crippen LogP contribution is -2.35. The summed E-state index contributed by atoms with van der Waals surface area (Å²) < 4.78 is 1.78. The summed E-state index contributed by atoms with van der Waals surface area (Å²) in [6.07, 6.45) is 4.70. The Hall–Kier alpha value is -1.85. The van der Waals surface area contributed by atoms with Gasteiger partial charge in [-0.25, -0.2) is 0 Å². The first kappa shape index (κ1) is 17.0. The van der Waals surface area contributed by atoms with Crippen LogP contribution in [-0.2, 0) is 11.8 Å². The van der Waals surface area contributed by atoms with E-state index in [1.165, 1.54) is 0 Å². The van der Waals surface area contributed by atoms with Crippen LogP contribution in [0.1, 0.15) is 29.5 Å². The second-order valence-electron chi connectivity index (χ2n) is 6.64. The molecule has 0 bridgehead atoms. The number of rotatable bonds is 6. The number of aromatic nitrogens is 2. The highest BCUT2D eigenvalue weighted by Crippen LogP contribution is 2.49. The molecule has 0 saturated heterocycles. The predicted molar refractivity (Wildman–Crippen MR) is 94.9 cm³/mol. The molecular weight excluding hydrogens is 324 g/mol. The highest BCUT2D eigenvalue weighted by atomic mass is 35.5. The van der Waals surface area contributed by atoms with Crippen molar-refractivity contribution in [3.63, 3.8) is 0 Å². The summed E-state index contributed by atoms with van der Waals surface area (Å²) in [5.74, 6) is 0.382. The van der Waals surface area contributed by atoms with Crippen molar-refractivity contribution in [3.05, 3.63) is 52.8 Å². The number of halogens is 1. The molecule has 1 aromatic carbocycles. The first-order chi connectivity index (χ1) is 11.5. The molecule has 0 unspecified atom stereocenters. The zero-order chi connectivity index (χ0) is 17.3. The molecule has 3 rings (SSSR count). The predicted octanol–water partition coefficient (Wildman–Crippen LogP) is 2.60. The van der Waals surface area contributed by atoms with Crippen LogP contribution in [0.2, 0.25) is 5.02 Å². The molecule has 0 radical (unpaired) electrons. The average molecular weight is 347 g/mol. The Balaban J connectivity index is 1.59. The fourth-order valence-electron chi connectivity index (χ4n) is 3.14. The summed E-state index contributed by atoms with van der Waals surface area (Å²) in [6, 6.07) is 7.89. The molecule has 1 fully saturated rings. The Morgan fingerprint density at radius 1 is 1.46 bits per heavy atom. The van der Waals surface area contributed by atoms with Gasteiger partial charge in [0.15, 0.2) is 0 Å². The van der Waals surface area contributed by atoms with Gasteiger partial charge >= 0.3 is 0 Å². The molecule has 24 heavy (non-hydrogen) atoms. The van der Waals surface area contributed by atoms with E-state index >= 15 is 0 Å². The molecule has 1 heterocycles. The lowest BCUT2D eigenvalue weighted by molar-refractivity contribution is -0.122. The van der Waals surface area contributed by atoms with Gasteiger partial charge in [0.25, 0.3) is 0 Å². The van der Waals surface area contributed by atoms with E-state index in [9.17, 15) is 4.79 Å². The van der Waals surface area contributed by atoms with Crippen LogP contribution in [0.25, 0.3) is 0 Å². The molecule has 0 spiro atoms. The molecule has 3 atom stereocenters. The van der Waals surface area contributed by atoms with Crippen LogP contribution in [0.4, 0.5) is 0 Å². The molecular formula is C18H23ClN4O. The second-order valence-corrected chi connectivity index (χ2v) is 7.05. The van der Waals surface area contributed by atoms with Crippen molar-refractivity contribution in [1.82, 2.24) is 20.0 Å². The van der Waals surface area contributed by atoms with E-state index in [1.54, 1.807) is 4.68 Å². The summed E-state index contributed by atoms with van der Waals surface area (Å²) in [4.78, 5) is 14.6. The maximum Gasteiger partial charge on any atom is 0.223 e. The maximum atomic E-state index is 12.5. The molecule has 0 aliphatic heterocycles. The number of aryl methyl sites for hydroxylation is 1. The molecule has 2 aromatic rings. The van der Waals surface area contributed by atoms with Crippen molar-refractivity contribution in [2.45, 2.75) is 18.4 Å². The van der Waals surface area contributed by atoms with Gasteiger partial charge in [0, 0.05) is 36.3 Å². The highest BCUT2D eigenvalue weighted by molar-refractivity contribution is 6.31. The molecule has 128 valence electrons. The molecule has 1 amide bonds. The Bertz CT molecular complexity index is 727. The average Bonchev–Trinajstić information content (AvgIpc) is 3.22. The topological polar surface area (TPSA) is 50.2 Å². The van der Waals surface area contributed by atoms with Crippen molar-refractivity contribution < 1.29 is 4.79 Å². The molecule has 1 aromatic heterocycles. The van der Waals surface area contributed by atoms with Gasteiger partial charge in [0.2, 0.25) is 5.91 Å². The van der Waals surface area contributed by atoms with Crippen LogP contribution in [0.3, 0.4) is 0 Å². The van der Waals surface area contributed by atoms with Gasteiger partial charge in [0.05, 0.1) is 12.2 Å². The number of amides is 1. The van der Waals surface area contributed by atoms with Crippen molar-refractivity contribution in [2.75, 3.05) is 20.6 Å². The van der Waals surface area contributed by atoms with Gasteiger partial charge < -0.3 is 10.2 Å². The molecule has 6 heteroatoms. The number of likely N-dealkylation sites (N-methyl/N-ethyl adjacent to an activating group) is 1. The number of hydrogen-bond donors (Lipinski definition) is 1. The lowest BCUT2D eigenvalue weighted by Gasteiger charge is -2.23. The fraction of sp³-hybridized carbons (Fsp3) is 0.444. The Labute approximate surface area is 147 Å². The number of nitrogens with one attached hydrogen (secondary N) is 1. The van der Waals surface area contributed by atoms with Crippen LogP contribution in [0.15, 0.2) is 36.7 Å². The molecule has 1 N–H and O–H groups in total. The summed E-state index contributed by atoms with van der Waals surface area (Å²) >= 11 is 6.23. The van der Waals surface area contributed by atoms with E-state index in [-0.39, 0.29) is 23.8 Å². The van der Waals surface area contributed by atoms with Gasteiger partial charge in [-0.1, -0.05) is 29.8 Å². The van der Waals surface area contributed by atoms with Crippen molar-refractivity contribution >= 4 is 17.5 Å². The molecule has 1 saturated carbocycles. The zero-order valence-electron chi connectivity index (χ0n) is 14.2. The van der Waals surface area contributed by atoms with Crippen LogP contribution in [0.5, 0.6) is 0 Å². The molecule has 1 aliphatic rings. The smallest absolute Gasteiger partial charge is 0.223 e. The van der Waals surface area contributed by atoms with E-state index in [0.717, 1.165) is 22.6 Å². The van der Waals surface area contributed by atoms with Crippen LogP contribution in [0, 0.1) is 5.92 Å².